The highest BCUT2D eigenvalue weighted by Gasteiger charge is 2.23. The largest absolute Gasteiger partial charge is 0.300 e. The summed E-state index contributed by atoms with van der Waals surface area (Å²) in [5.74, 6) is 0.436. The fourth-order valence-electron chi connectivity index (χ4n) is 4.51. The number of unbranched alkanes of at least 4 members (excludes halogenated alkanes) is 1. The van der Waals surface area contributed by atoms with Crippen molar-refractivity contribution < 1.29 is 9.59 Å². The first-order valence-electron chi connectivity index (χ1n) is 11.9. The fourth-order valence-corrected chi connectivity index (χ4v) is 6.08. The fraction of sp³-hybridized carbons (Fsp3) is 0.727. The summed E-state index contributed by atoms with van der Waals surface area (Å²) in [5, 5.41) is 25.7. The highest BCUT2D eigenvalue weighted by atomic mass is 32.1. The van der Waals surface area contributed by atoms with Crippen LogP contribution in [-0.2, 0) is 22.4 Å². The van der Waals surface area contributed by atoms with Crippen LogP contribution in [0.2, 0.25) is 0 Å². The molecule has 10 heteroatoms. The average Bonchev–Trinajstić information content (AvgIpc) is 3.47. The standard InChI is InChI=1S/C22H32N6O2S2/c29-19(15-9-3-1-4-10-15)23-21-27-25-17(31-21)13-7-8-14-18-26-28-22(32-18)24-20(30)16-11-5-2-6-12-16/h15-16H,1-14H2,(H,23,27,29)(H,24,28,30). The van der Waals surface area contributed by atoms with E-state index in [0.717, 1.165) is 87.1 Å². The molecule has 0 aromatic carbocycles. The molecule has 2 N–H and O–H groups in total. The molecule has 2 saturated carbocycles. The Morgan fingerprint density at radius 1 is 0.656 bits per heavy atom. The van der Waals surface area contributed by atoms with Crippen LogP contribution in [0.4, 0.5) is 10.3 Å². The van der Waals surface area contributed by atoms with Gasteiger partial charge in [0.15, 0.2) is 0 Å². The van der Waals surface area contributed by atoms with Crippen molar-refractivity contribution >= 4 is 44.8 Å². The average molecular weight is 477 g/mol. The molecule has 2 fully saturated rings. The number of amides is 2. The maximum absolute atomic E-state index is 12.3. The molecular weight excluding hydrogens is 444 g/mol. The topological polar surface area (TPSA) is 110 Å². The lowest BCUT2D eigenvalue weighted by molar-refractivity contribution is -0.121. The molecule has 0 unspecified atom stereocenters. The van der Waals surface area contributed by atoms with Crippen LogP contribution in [-0.4, -0.2) is 32.2 Å². The van der Waals surface area contributed by atoms with Crippen molar-refractivity contribution in [2.75, 3.05) is 10.6 Å². The van der Waals surface area contributed by atoms with Gasteiger partial charge in [-0.25, -0.2) is 0 Å². The molecule has 0 aliphatic heterocycles. The molecule has 2 aliphatic rings. The molecule has 2 heterocycles. The van der Waals surface area contributed by atoms with Crippen molar-refractivity contribution in [1.29, 1.82) is 0 Å². The zero-order valence-electron chi connectivity index (χ0n) is 18.5. The minimum atomic E-state index is 0.0926. The van der Waals surface area contributed by atoms with E-state index in [0.29, 0.717) is 10.3 Å². The molecule has 0 spiro atoms. The van der Waals surface area contributed by atoms with Crippen LogP contribution in [0, 0.1) is 11.8 Å². The molecule has 4 rings (SSSR count). The number of carbonyl (C=O) groups excluding carboxylic acids is 2. The first kappa shape index (κ1) is 23.2. The minimum Gasteiger partial charge on any atom is -0.300 e. The normalized spacial score (nSPS) is 17.9. The summed E-state index contributed by atoms with van der Waals surface area (Å²) in [6.07, 6.45) is 14.6. The Hall–Kier alpha value is -1.94. The molecule has 2 amide bonds. The Labute approximate surface area is 197 Å². The number of carbonyl (C=O) groups is 2. The molecular formula is C22H32N6O2S2. The van der Waals surface area contributed by atoms with Crippen LogP contribution in [0.15, 0.2) is 0 Å². The summed E-state index contributed by atoms with van der Waals surface area (Å²) >= 11 is 2.94. The monoisotopic (exact) mass is 476 g/mol. The number of nitrogens with zero attached hydrogens (tertiary/aromatic N) is 4. The molecule has 0 saturated heterocycles. The number of anilines is 2. The van der Waals surface area contributed by atoms with Gasteiger partial charge >= 0.3 is 0 Å². The van der Waals surface area contributed by atoms with Crippen molar-refractivity contribution in [3.05, 3.63) is 10.0 Å². The number of aryl methyl sites for hydroxylation is 2. The van der Waals surface area contributed by atoms with E-state index in [-0.39, 0.29) is 23.7 Å². The first-order chi connectivity index (χ1) is 15.7. The number of hydrogen-bond acceptors (Lipinski definition) is 8. The van der Waals surface area contributed by atoms with E-state index in [1.165, 1.54) is 35.5 Å². The van der Waals surface area contributed by atoms with Gasteiger partial charge in [0.2, 0.25) is 22.1 Å². The van der Waals surface area contributed by atoms with Crippen LogP contribution in [0.1, 0.15) is 87.1 Å². The van der Waals surface area contributed by atoms with Crippen molar-refractivity contribution in [1.82, 2.24) is 20.4 Å². The summed E-state index contributed by atoms with van der Waals surface area (Å²) in [6, 6.07) is 0. The second kappa shape index (κ2) is 11.8. The smallest absolute Gasteiger partial charge is 0.229 e. The van der Waals surface area contributed by atoms with Crippen molar-refractivity contribution in [2.45, 2.75) is 89.9 Å². The number of rotatable bonds is 9. The second-order valence-electron chi connectivity index (χ2n) is 8.86. The predicted molar refractivity (Wildman–Crippen MR) is 127 cm³/mol. The first-order valence-corrected chi connectivity index (χ1v) is 13.6. The van der Waals surface area contributed by atoms with Crippen LogP contribution in [0.5, 0.6) is 0 Å². The van der Waals surface area contributed by atoms with E-state index in [1.54, 1.807) is 0 Å². The Bertz CT molecular complexity index is 814. The maximum atomic E-state index is 12.3. The third-order valence-electron chi connectivity index (χ3n) is 6.38. The number of nitrogens with one attached hydrogen (secondary N) is 2. The second-order valence-corrected chi connectivity index (χ2v) is 11.0. The Kier molecular flexibility index (Phi) is 8.55. The molecule has 0 atom stereocenters. The Balaban J connectivity index is 1.14. The molecule has 2 aromatic heterocycles. The van der Waals surface area contributed by atoms with E-state index >= 15 is 0 Å². The lowest BCUT2D eigenvalue weighted by atomic mass is 9.89. The van der Waals surface area contributed by atoms with Crippen molar-refractivity contribution in [3.8, 4) is 0 Å². The van der Waals surface area contributed by atoms with Gasteiger partial charge in [-0.3, -0.25) is 9.59 Å². The van der Waals surface area contributed by atoms with Gasteiger partial charge in [0.05, 0.1) is 0 Å². The zero-order chi connectivity index (χ0) is 22.2. The quantitative estimate of drug-likeness (QED) is 0.493. The van der Waals surface area contributed by atoms with E-state index in [1.807, 2.05) is 0 Å². The third-order valence-corrected chi connectivity index (χ3v) is 8.17. The number of aromatic nitrogens is 4. The van der Waals surface area contributed by atoms with Crippen molar-refractivity contribution in [2.24, 2.45) is 11.8 Å². The molecule has 0 bridgehead atoms. The Morgan fingerprint density at radius 3 is 1.47 bits per heavy atom. The molecule has 2 aliphatic carbocycles. The van der Waals surface area contributed by atoms with Gasteiger partial charge in [0, 0.05) is 24.7 Å². The van der Waals surface area contributed by atoms with Gasteiger partial charge < -0.3 is 10.6 Å². The molecule has 0 radical (unpaired) electrons. The van der Waals surface area contributed by atoms with E-state index < -0.39 is 0 Å². The minimum absolute atomic E-state index is 0.0926. The van der Waals surface area contributed by atoms with Gasteiger partial charge in [-0.1, -0.05) is 61.2 Å². The highest BCUT2D eigenvalue weighted by molar-refractivity contribution is 7.15. The Morgan fingerprint density at radius 2 is 1.06 bits per heavy atom. The zero-order valence-corrected chi connectivity index (χ0v) is 20.1. The van der Waals surface area contributed by atoms with Gasteiger partial charge in [0.1, 0.15) is 10.0 Å². The molecule has 2 aromatic rings. The highest BCUT2D eigenvalue weighted by Crippen LogP contribution is 2.27. The van der Waals surface area contributed by atoms with Gasteiger partial charge in [-0.05, 0) is 38.5 Å². The number of hydrogen-bond donors (Lipinski definition) is 2. The van der Waals surface area contributed by atoms with Crippen LogP contribution in [0.3, 0.4) is 0 Å². The van der Waals surface area contributed by atoms with Gasteiger partial charge in [-0.15, -0.1) is 20.4 Å². The summed E-state index contributed by atoms with van der Waals surface area (Å²) in [6.45, 7) is 0. The van der Waals surface area contributed by atoms with Crippen molar-refractivity contribution in [3.63, 3.8) is 0 Å². The summed E-state index contributed by atoms with van der Waals surface area (Å²) in [5.41, 5.74) is 0. The predicted octanol–water partition coefficient (Wildman–Crippen LogP) is 4.99. The van der Waals surface area contributed by atoms with Crippen LogP contribution < -0.4 is 10.6 Å². The third kappa shape index (κ3) is 6.78. The van der Waals surface area contributed by atoms with Crippen LogP contribution >= 0.6 is 22.7 Å². The molecule has 8 nitrogen and oxygen atoms in total. The van der Waals surface area contributed by atoms with Crippen LogP contribution in [0.25, 0.3) is 0 Å². The van der Waals surface area contributed by atoms with E-state index in [4.69, 9.17) is 0 Å². The SMILES string of the molecule is O=C(Nc1nnc(CCCCc2nnc(NC(=O)C3CCCCC3)s2)s1)C1CCCCC1. The molecule has 174 valence electrons. The van der Waals surface area contributed by atoms with E-state index in [2.05, 4.69) is 31.0 Å². The lowest BCUT2D eigenvalue weighted by Gasteiger charge is -2.19. The van der Waals surface area contributed by atoms with Gasteiger partial charge in [-0.2, -0.15) is 0 Å². The molecule has 32 heavy (non-hydrogen) atoms. The maximum Gasteiger partial charge on any atom is 0.229 e. The summed E-state index contributed by atoms with van der Waals surface area (Å²) in [4.78, 5) is 24.7. The van der Waals surface area contributed by atoms with E-state index in [9.17, 15) is 9.59 Å². The summed E-state index contributed by atoms with van der Waals surface area (Å²) in [7, 11) is 0. The summed E-state index contributed by atoms with van der Waals surface area (Å²) < 4.78 is 0. The van der Waals surface area contributed by atoms with Gasteiger partial charge in [0.25, 0.3) is 0 Å². The lowest BCUT2D eigenvalue weighted by Crippen LogP contribution is -2.24.